The Balaban J connectivity index is 1.69. The molecule has 21 heavy (non-hydrogen) atoms. The highest BCUT2D eigenvalue weighted by Gasteiger charge is 2.24. The molecule has 0 fully saturated rings. The van der Waals surface area contributed by atoms with Crippen LogP contribution in [0.4, 0.5) is 4.39 Å². The van der Waals surface area contributed by atoms with Gasteiger partial charge in [0.15, 0.2) is 0 Å². The van der Waals surface area contributed by atoms with E-state index in [1.54, 1.807) is 12.1 Å². The minimum absolute atomic E-state index is 0.0832. The fraction of sp³-hybridized carbons (Fsp3) is 0.333. The molecule has 0 amide bonds. The van der Waals surface area contributed by atoms with Crippen LogP contribution in [0.15, 0.2) is 42.5 Å². The molecule has 2 unspecified atom stereocenters. The highest BCUT2D eigenvalue weighted by atomic mass is 35.5. The molecule has 1 aliphatic rings. The van der Waals surface area contributed by atoms with Crippen molar-refractivity contribution in [3.05, 3.63) is 70.0 Å². The summed E-state index contributed by atoms with van der Waals surface area (Å²) in [6, 6.07) is 13.6. The van der Waals surface area contributed by atoms with E-state index in [4.69, 9.17) is 17.3 Å². The molecule has 110 valence electrons. The van der Waals surface area contributed by atoms with Crippen molar-refractivity contribution in [1.29, 1.82) is 0 Å². The molecule has 1 aliphatic carbocycles. The van der Waals surface area contributed by atoms with Crippen molar-refractivity contribution in [3.8, 4) is 0 Å². The molecule has 2 aromatic rings. The van der Waals surface area contributed by atoms with Crippen LogP contribution in [0.3, 0.4) is 0 Å². The third-order valence-corrected chi connectivity index (χ3v) is 4.74. The Labute approximate surface area is 129 Å². The van der Waals surface area contributed by atoms with E-state index in [-0.39, 0.29) is 16.9 Å². The molecule has 0 radical (unpaired) electrons. The molecule has 2 aromatic carbocycles. The number of benzene rings is 2. The van der Waals surface area contributed by atoms with E-state index in [9.17, 15) is 4.39 Å². The van der Waals surface area contributed by atoms with Gasteiger partial charge in [0.25, 0.3) is 0 Å². The van der Waals surface area contributed by atoms with Gasteiger partial charge in [0.2, 0.25) is 0 Å². The molecule has 0 saturated heterocycles. The lowest BCUT2D eigenvalue weighted by Gasteiger charge is -2.29. The molecule has 0 heterocycles. The molecule has 0 bridgehead atoms. The average molecular weight is 304 g/mol. The summed E-state index contributed by atoms with van der Waals surface area (Å²) in [5.41, 5.74) is 10.3. The summed E-state index contributed by atoms with van der Waals surface area (Å²) in [6.07, 6.45) is 3.99. The maximum Gasteiger partial charge on any atom is 0.141 e. The molecule has 2 atom stereocenters. The van der Waals surface area contributed by atoms with Gasteiger partial charge in [-0.25, -0.2) is 4.39 Å². The lowest BCUT2D eigenvalue weighted by Crippen LogP contribution is -2.35. The van der Waals surface area contributed by atoms with Gasteiger partial charge >= 0.3 is 0 Å². The third kappa shape index (κ3) is 3.28. The van der Waals surface area contributed by atoms with Gasteiger partial charge in [-0.1, -0.05) is 41.9 Å². The summed E-state index contributed by atoms with van der Waals surface area (Å²) < 4.78 is 13.2. The first-order valence-corrected chi connectivity index (χ1v) is 7.77. The van der Waals surface area contributed by atoms with Gasteiger partial charge in [-0.2, -0.15) is 0 Å². The number of aryl methyl sites for hydroxylation is 1. The molecular formula is C18H19ClFN. The SMILES string of the molecule is NC(Cc1ccc(F)c(Cl)c1)C1CCc2ccccc2C1. The quantitative estimate of drug-likeness (QED) is 0.905. The molecular weight excluding hydrogens is 285 g/mol. The van der Waals surface area contributed by atoms with Gasteiger partial charge in [0.05, 0.1) is 5.02 Å². The molecule has 2 N–H and O–H groups in total. The zero-order chi connectivity index (χ0) is 14.8. The number of rotatable bonds is 3. The van der Waals surface area contributed by atoms with Crippen molar-refractivity contribution in [2.75, 3.05) is 0 Å². The number of halogens is 2. The molecule has 0 saturated carbocycles. The van der Waals surface area contributed by atoms with Crippen LogP contribution in [0.1, 0.15) is 23.1 Å². The molecule has 0 spiro atoms. The van der Waals surface area contributed by atoms with E-state index in [1.807, 2.05) is 0 Å². The Morgan fingerprint density at radius 3 is 2.71 bits per heavy atom. The molecule has 3 rings (SSSR count). The average Bonchev–Trinajstić information content (AvgIpc) is 2.50. The standard InChI is InChI=1S/C18H19ClFN/c19-16-9-12(5-8-17(16)20)10-18(21)15-7-6-13-3-1-2-4-14(13)11-15/h1-5,8-9,15,18H,6-7,10-11,21H2. The molecule has 3 heteroatoms. The maximum atomic E-state index is 13.2. The van der Waals surface area contributed by atoms with Crippen molar-refractivity contribution in [1.82, 2.24) is 0 Å². The van der Waals surface area contributed by atoms with E-state index < -0.39 is 0 Å². The van der Waals surface area contributed by atoms with Gasteiger partial charge in [0, 0.05) is 6.04 Å². The van der Waals surface area contributed by atoms with Crippen molar-refractivity contribution in [3.63, 3.8) is 0 Å². The van der Waals surface area contributed by atoms with Crippen LogP contribution in [0.25, 0.3) is 0 Å². The highest BCUT2D eigenvalue weighted by Crippen LogP contribution is 2.28. The maximum absolute atomic E-state index is 13.2. The Hall–Kier alpha value is -1.38. The Morgan fingerprint density at radius 2 is 1.95 bits per heavy atom. The van der Waals surface area contributed by atoms with E-state index in [0.717, 1.165) is 31.2 Å². The third-order valence-electron chi connectivity index (χ3n) is 4.45. The molecule has 1 nitrogen and oxygen atoms in total. The van der Waals surface area contributed by atoms with E-state index in [2.05, 4.69) is 24.3 Å². The predicted octanol–water partition coefficient (Wildman–Crippen LogP) is 4.15. The van der Waals surface area contributed by atoms with Crippen molar-refractivity contribution >= 4 is 11.6 Å². The van der Waals surface area contributed by atoms with Crippen LogP contribution >= 0.6 is 11.6 Å². The lowest BCUT2D eigenvalue weighted by atomic mass is 9.79. The summed E-state index contributed by atoms with van der Waals surface area (Å²) in [5.74, 6) is 0.101. The molecule has 0 aliphatic heterocycles. The van der Waals surface area contributed by atoms with Crippen LogP contribution in [-0.4, -0.2) is 6.04 Å². The second kappa shape index (κ2) is 6.17. The van der Waals surface area contributed by atoms with Crippen LogP contribution in [-0.2, 0) is 19.3 Å². The fourth-order valence-corrected chi connectivity index (χ4v) is 3.40. The smallest absolute Gasteiger partial charge is 0.141 e. The van der Waals surface area contributed by atoms with Crippen molar-refractivity contribution in [2.45, 2.75) is 31.7 Å². The lowest BCUT2D eigenvalue weighted by molar-refractivity contribution is 0.372. The minimum atomic E-state index is -0.374. The largest absolute Gasteiger partial charge is 0.327 e. The van der Waals surface area contributed by atoms with Gasteiger partial charge in [-0.3, -0.25) is 0 Å². The van der Waals surface area contributed by atoms with Crippen LogP contribution in [0.5, 0.6) is 0 Å². The second-order valence-electron chi connectivity index (χ2n) is 5.89. The number of nitrogens with two attached hydrogens (primary N) is 1. The number of hydrogen-bond donors (Lipinski definition) is 1. The van der Waals surface area contributed by atoms with Crippen molar-refractivity contribution < 1.29 is 4.39 Å². The fourth-order valence-electron chi connectivity index (χ4n) is 3.20. The van der Waals surface area contributed by atoms with Gasteiger partial charge < -0.3 is 5.73 Å². The van der Waals surface area contributed by atoms with E-state index >= 15 is 0 Å². The van der Waals surface area contributed by atoms with Gasteiger partial charge in [0.1, 0.15) is 5.82 Å². The Bertz CT molecular complexity index is 641. The van der Waals surface area contributed by atoms with Crippen molar-refractivity contribution in [2.24, 2.45) is 11.7 Å². The Kier molecular flexibility index (Phi) is 4.27. The highest BCUT2D eigenvalue weighted by molar-refractivity contribution is 6.30. The summed E-state index contributed by atoms with van der Waals surface area (Å²) in [7, 11) is 0. The van der Waals surface area contributed by atoms with E-state index in [1.165, 1.54) is 17.2 Å². The first-order valence-electron chi connectivity index (χ1n) is 7.40. The summed E-state index contributed by atoms with van der Waals surface area (Å²) >= 11 is 5.83. The van der Waals surface area contributed by atoms with Crippen LogP contribution in [0, 0.1) is 11.7 Å². The Morgan fingerprint density at radius 1 is 1.19 bits per heavy atom. The summed E-state index contributed by atoms with van der Waals surface area (Å²) in [4.78, 5) is 0. The zero-order valence-corrected chi connectivity index (χ0v) is 12.6. The summed E-state index contributed by atoms with van der Waals surface area (Å²) in [5, 5.41) is 0.175. The topological polar surface area (TPSA) is 26.0 Å². The molecule has 0 aromatic heterocycles. The summed E-state index contributed by atoms with van der Waals surface area (Å²) in [6.45, 7) is 0. The van der Waals surface area contributed by atoms with Gasteiger partial charge in [-0.05, 0) is 60.4 Å². The zero-order valence-electron chi connectivity index (χ0n) is 11.9. The number of hydrogen-bond acceptors (Lipinski definition) is 1. The van der Waals surface area contributed by atoms with Crippen LogP contribution in [0.2, 0.25) is 5.02 Å². The number of fused-ring (bicyclic) bond motifs is 1. The predicted molar refractivity (Wildman–Crippen MR) is 85.0 cm³/mol. The van der Waals surface area contributed by atoms with Crippen LogP contribution < -0.4 is 5.73 Å². The second-order valence-corrected chi connectivity index (χ2v) is 6.30. The van der Waals surface area contributed by atoms with Gasteiger partial charge in [-0.15, -0.1) is 0 Å². The first-order chi connectivity index (χ1) is 10.1. The van der Waals surface area contributed by atoms with E-state index in [0.29, 0.717) is 5.92 Å². The first kappa shape index (κ1) is 14.6. The normalized spacial score (nSPS) is 19.1. The monoisotopic (exact) mass is 303 g/mol. The minimum Gasteiger partial charge on any atom is -0.327 e.